The van der Waals surface area contributed by atoms with Crippen molar-refractivity contribution in [3.05, 3.63) is 34.5 Å². The van der Waals surface area contributed by atoms with Crippen LogP contribution in [0.15, 0.2) is 23.3 Å². The molecule has 5 nitrogen and oxygen atoms in total. The Bertz CT molecular complexity index is 637. The predicted molar refractivity (Wildman–Crippen MR) is 79.1 cm³/mol. The monoisotopic (exact) mass is 274 g/mol. The molecular formula is C15H22N4O. The van der Waals surface area contributed by atoms with Crippen LogP contribution in [0.4, 0.5) is 0 Å². The second-order valence-corrected chi connectivity index (χ2v) is 5.70. The highest BCUT2D eigenvalue weighted by Gasteiger charge is 2.12. The van der Waals surface area contributed by atoms with Crippen molar-refractivity contribution in [2.45, 2.75) is 51.6 Å². The molecule has 108 valence electrons. The third kappa shape index (κ3) is 2.77. The Kier molecular flexibility index (Phi) is 3.87. The molecule has 2 heterocycles. The van der Waals surface area contributed by atoms with Gasteiger partial charge in [0.05, 0.1) is 5.69 Å². The molecule has 0 radical (unpaired) electrons. The van der Waals surface area contributed by atoms with E-state index < -0.39 is 0 Å². The fourth-order valence-corrected chi connectivity index (χ4v) is 3.02. The third-order valence-corrected chi connectivity index (χ3v) is 4.12. The summed E-state index contributed by atoms with van der Waals surface area (Å²) in [6.45, 7) is 3.48. The molecule has 0 spiro atoms. The van der Waals surface area contributed by atoms with Gasteiger partial charge in [0.25, 0.3) is 5.56 Å². The van der Waals surface area contributed by atoms with E-state index in [2.05, 4.69) is 10.4 Å². The third-order valence-electron chi connectivity index (χ3n) is 4.12. The van der Waals surface area contributed by atoms with Crippen molar-refractivity contribution in [2.24, 2.45) is 0 Å². The lowest BCUT2D eigenvalue weighted by molar-refractivity contribution is 0.367. The van der Waals surface area contributed by atoms with Crippen LogP contribution >= 0.6 is 0 Å². The Balaban J connectivity index is 1.65. The highest BCUT2D eigenvalue weighted by atomic mass is 16.1. The number of hydrogen-bond donors (Lipinski definition) is 1. The van der Waals surface area contributed by atoms with Crippen LogP contribution in [0.2, 0.25) is 0 Å². The predicted octanol–water partition coefficient (Wildman–Crippen LogP) is 1.73. The quantitative estimate of drug-likeness (QED) is 0.923. The summed E-state index contributed by atoms with van der Waals surface area (Å²) in [5.41, 5.74) is 1.57. The normalized spacial score (nSPS) is 16.9. The average Bonchev–Trinajstić information content (AvgIpc) is 2.84. The zero-order valence-electron chi connectivity index (χ0n) is 12.0. The summed E-state index contributed by atoms with van der Waals surface area (Å²) in [6.07, 6.45) is 10.3. The summed E-state index contributed by atoms with van der Waals surface area (Å²) in [7, 11) is 0. The molecule has 0 aromatic carbocycles. The van der Waals surface area contributed by atoms with Crippen LogP contribution in [0, 0.1) is 6.92 Å². The summed E-state index contributed by atoms with van der Waals surface area (Å²) >= 11 is 0. The van der Waals surface area contributed by atoms with Gasteiger partial charge in [0.15, 0.2) is 0 Å². The van der Waals surface area contributed by atoms with Gasteiger partial charge in [-0.05, 0) is 25.8 Å². The molecule has 0 saturated heterocycles. The van der Waals surface area contributed by atoms with Crippen molar-refractivity contribution in [1.82, 2.24) is 19.5 Å². The van der Waals surface area contributed by atoms with E-state index in [4.69, 9.17) is 0 Å². The van der Waals surface area contributed by atoms with E-state index >= 15 is 0 Å². The maximum atomic E-state index is 12.3. The molecule has 2 aromatic heterocycles. The number of aromatic nitrogens is 3. The molecule has 0 amide bonds. The molecule has 1 fully saturated rings. The second-order valence-electron chi connectivity index (χ2n) is 5.70. The lowest BCUT2D eigenvalue weighted by Crippen LogP contribution is -2.35. The number of nitrogens with one attached hydrogen (secondary N) is 1. The van der Waals surface area contributed by atoms with Gasteiger partial charge in [-0.2, -0.15) is 5.10 Å². The Morgan fingerprint density at radius 3 is 2.90 bits per heavy atom. The van der Waals surface area contributed by atoms with Crippen molar-refractivity contribution in [3.8, 4) is 0 Å². The first kappa shape index (κ1) is 13.4. The summed E-state index contributed by atoms with van der Waals surface area (Å²) in [5, 5.41) is 7.82. The van der Waals surface area contributed by atoms with Crippen LogP contribution in [0.25, 0.3) is 5.52 Å². The first-order chi connectivity index (χ1) is 9.74. The number of aryl methyl sites for hydroxylation is 1. The van der Waals surface area contributed by atoms with Gasteiger partial charge in [-0.3, -0.25) is 4.79 Å². The van der Waals surface area contributed by atoms with Gasteiger partial charge in [0.2, 0.25) is 0 Å². The summed E-state index contributed by atoms with van der Waals surface area (Å²) in [6, 6.07) is 2.48. The van der Waals surface area contributed by atoms with Gasteiger partial charge in [-0.15, -0.1) is 0 Å². The Morgan fingerprint density at radius 2 is 2.10 bits per heavy atom. The Hall–Kier alpha value is -1.62. The largest absolute Gasteiger partial charge is 0.312 e. The molecule has 0 bridgehead atoms. The van der Waals surface area contributed by atoms with Crippen molar-refractivity contribution in [3.63, 3.8) is 0 Å². The highest BCUT2D eigenvalue weighted by Crippen LogP contribution is 2.16. The van der Waals surface area contributed by atoms with Gasteiger partial charge in [-0.1, -0.05) is 19.3 Å². The van der Waals surface area contributed by atoms with Crippen LogP contribution in [0.3, 0.4) is 0 Å². The summed E-state index contributed by atoms with van der Waals surface area (Å²) in [5.74, 6) is 0. The summed E-state index contributed by atoms with van der Waals surface area (Å²) < 4.78 is 3.43. The van der Waals surface area contributed by atoms with Crippen LogP contribution in [0.1, 0.15) is 37.8 Å². The van der Waals surface area contributed by atoms with Crippen LogP contribution in [-0.2, 0) is 6.54 Å². The lowest BCUT2D eigenvalue weighted by Gasteiger charge is -2.22. The zero-order chi connectivity index (χ0) is 13.9. The van der Waals surface area contributed by atoms with E-state index in [-0.39, 0.29) is 5.56 Å². The number of hydrogen-bond acceptors (Lipinski definition) is 3. The minimum atomic E-state index is 0.0403. The van der Waals surface area contributed by atoms with Gasteiger partial charge < -0.3 is 9.88 Å². The Labute approximate surface area is 118 Å². The van der Waals surface area contributed by atoms with E-state index in [1.165, 1.54) is 32.1 Å². The molecule has 0 atom stereocenters. The SMILES string of the molecule is Cc1cc2c(=O)n(CCNC3CCCCC3)ccn2n1. The van der Waals surface area contributed by atoms with Gasteiger partial charge >= 0.3 is 0 Å². The topological polar surface area (TPSA) is 51.3 Å². The number of fused-ring (bicyclic) bond motifs is 1. The molecule has 2 aromatic rings. The van der Waals surface area contributed by atoms with Crippen molar-refractivity contribution >= 4 is 5.52 Å². The van der Waals surface area contributed by atoms with E-state index in [9.17, 15) is 4.79 Å². The summed E-state index contributed by atoms with van der Waals surface area (Å²) in [4.78, 5) is 12.3. The van der Waals surface area contributed by atoms with E-state index in [0.717, 1.165) is 18.8 Å². The fraction of sp³-hybridized carbons (Fsp3) is 0.600. The molecule has 5 heteroatoms. The molecule has 20 heavy (non-hydrogen) atoms. The molecule has 3 rings (SSSR count). The first-order valence-electron chi connectivity index (χ1n) is 7.53. The fourth-order valence-electron chi connectivity index (χ4n) is 3.02. The second kappa shape index (κ2) is 5.79. The first-order valence-corrected chi connectivity index (χ1v) is 7.53. The number of rotatable bonds is 4. The molecule has 1 aliphatic rings. The van der Waals surface area contributed by atoms with Crippen LogP contribution in [0.5, 0.6) is 0 Å². The maximum absolute atomic E-state index is 12.3. The van der Waals surface area contributed by atoms with Gasteiger partial charge in [0.1, 0.15) is 5.52 Å². The van der Waals surface area contributed by atoms with E-state index in [1.807, 2.05) is 25.4 Å². The minimum Gasteiger partial charge on any atom is -0.312 e. The maximum Gasteiger partial charge on any atom is 0.276 e. The highest BCUT2D eigenvalue weighted by molar-refractivity contribution is 5.44. The van der Waals surface area contributed by atoms with Gasteiger partial charge in [0, 0.05) is 31.5 Å². The molecule has 1 N–H and O–H groups in total. The molecule has 0 aliphatic heterocycles. The molecule has 1 saturated carbocycles. The molecule has 1 aliphatic carbocycles. The van der Waals surface area contributed by atoms with Crippen molar-refractivity contribution in [2.75, 3.05) is 6.54 Å². The standard InChI is InChI=1S/C15H22N4O/c1-12-11-14-15(20)18(9-10-19(14)17-12)8-7-16-13-5-3-2-4-6-13/h9-11,13,16H,2-8H2,1H3. The van der Waals surface area contributed by atoms with Crippen molar-refractivity contribution in [1.29, 1.82) is 0 Å². The Morgan fingerprint density at radius 1 is 1.30 bits per heavy atom. The smallest absolute Gasteiger partial charge is 0.276 e. The van der Waals surface area contributed by atoms with E-state index in [1.54, 1.807) is 9.08 Å². The molecular weight excluding hydrogens is 252 g/mol. The minimum absolute atomic E-state index is 0.0403. The molecule has 0 unspecified atom stereocenters. The van der Waals surface area contributed by atoms with Crippen molar-refractivity contribution < 1.29 is 0 Å². The van der Waals surface area contributed by atoms with Crippen LogP contribution < -0.4 is 10.9 Å². The van der Waals surface area contributed by atoms with Gasteiger partial charge in [-0.25, -0.2) is 4.52 Å². The van der Waals surface area contributed by atoms with Crippen LogP contribution in [-0.4, -0.2) is 26.8 Å². The lowest BCUT2D eigenvalue weighted by atomic mass is 9.95. The number of nitrogens with zero attached hydrogens (tertiary/aromatic N) is 3. The average molecular weight is 274 g/mol. The van der Waals surface area contributed by atoms with E-state index in [0.29, 0.717) is 11.6 Å². The zero-order valence-corrected chi connectivity index (χ0v) is 12.0.